The predicted molar refractivity (Wildman–Crippen MR) is 141 cm³/mol. The lowest BCUT2D eigenvalue weighted by atomic mass is 10.1. The van der Waals surface area contributed by atoms with E-state index in [2.05, 4.69) is 20.1 Å². The van der Waals surface area contributed by atoms with Crippen molar-refractivity contribution in [2.24, 2.45) is 0 Å². The number of methoxy groups -OCH3 is 2. The molecule has 0 bridgehead atoms. The van der Waals surface area contributed by atoms with Crippen molar-refractivity contribution in [3.8, 4) is 23.0 Å². The Balaban J connectivity index is 1.27. The third kappa shape index (κ3) is 6.80. The Hall–Kier alpha value is -3.80. The Morgan fingerprint density at radius 1 is 1.05 bits per heavy atom. The molecule has 1 amide bonds. The average Bonchev–Trinajstić information content (AvgIpc) is 3.63. The minimum absolute atomic E-state index is 0.219. The number of oxazole rings is 1. The number of carbonyl (C=O) groups is 1. The third-order valence-corrected chi connectivity index (χ3v) is 6.68. The van der Waals surface area contributed by atoms with Crippen molar-refractivity contribution in [3.05, 3.63) is 65.4 Å². The molecular weight excluding hydrogens is 504 g/mol. The normalized spacial score (nSPS) is 14.9. The third-order valence-electron chi connectivity index (χ3n) is 6.68. The fraction of sp³-hybridized carbons (Fsp3) is 0.429. The van der Waals surface area contributed by atoms with Crippen LogP contribution in [0, 0.1) is 0 Å². The van der Waals surface area contributed by atoms with Crippen LogP contribution in [0.3, 0.4) is 0 Å². The van der Waals surface area contributed by atoms with Gasteiger partial charge in [-0.2, -0.15) is 0 Å². The van der Waals surface area contributed by atoms with E-state index in [-0.39, 0.29) is 18.4 Å². The van der Waals surface area contributed by atoms with E-state index in [0.29, 0.717) is 43.6 Å². The second kappa shape index (κ2) is 12.8. The van der Waals surface area contributed by atoms with Crippen LogP contribution in [0.1, 0.15) is 27.5 Å². The molecule has 1 fully saturated rings. The molecule has 0 unspecified atom stereocenters. The van der Waals surface area contributed by atoms with Crippen molar-refractivity contribution >= 4 is 5.91 Å². The van der Waals surface area contributed by atoms with Gasteiger partial charge in [-0.15, -0.1) is 0 Å². The summed E-state index contributed by atoms with van der Waals surface area (Å²) in [6, 6.07) is 11.7. The van der Waals surface area contributed by atoms with Crippen molar-refractivity contribution < 1.29 is 32.9 Å². The van der Waals surface area contributed by atoms with Gasteiger partial charge in [-0.25, -0.2) is 4.98 Å². The Bertz CT molecular complexity index is 1260. The quantitative estimate of drug-likeness (QED) is 0.370. The summed E-state index contributed by atoms with van der Waals surface area (Å²) in [6.45, 7) is 6.20. The second-order valence-corrected chi connectivity index (χ2v) is 9.32. The van der Waals surface area contributed by atoms with Crippen LogP contribution >= 0.6 is 0 Å². The Labute approximate surface area is 227 Å². The molecule has 3 heterocycles. The first-order chi connectivity index (χ1) is 19.1. The van der Waals surface area contributed by atoms with Crippen molar-refractivity contribution in [1.29, 1.82) is 0 Å². The van der Waals surface area contributed by atoms with Crippen LogP contribution in [0.2, 0.25) is 0 Å². The van der Waals surface area contributed by atoms with Crippen molar-refractivity contribution in [2.45, 2.75) is 19.6 Å². The van der Waals surface area contributed by atoms with Gasteiger partial charge in [0.1, 0.15) is 6.26 Å². The first-order valence-corrected chi connectivity index (χ1v) is 13.0. The first kappa shape index (κ1) is 26.8. The number of rotatable bonds is 12. The zero-order chi connectivity index (χ0) is 27.0. The van der Waals surface area contributed by atoms with E-state index in [4.69, 9.17) is 28.1 Å². The van der Waals surface area contributed by atoms with Crippen molar-refractivity contribution in [3.63, 3.8) is 0 Å². The van der Waals surface area contributed by atoms with Crippen LogP contribution in [0.4, 0.5) is 0 Å². The van der Waals surface area contributed by atoms with E-state index >= 15 is 0 Å². The molecule has 0 aliphatic carbocycles. The van der Waals surface area contributed by atoms with Gasteiger partial charge in [0.05, 0.1) is 34.0 Å². The molecule has 11 nitrogen and oxygen atoms in total. The Morgan fingerprint density at radius 3 is 2.72 bits per heavy atom. The highest BCUT2D eigenvalue weighted by molar-refractivity contribution is 5.91. The van der Waals surface area contributed by atoms with Gasteiger partial charge in [0.2, 0.25) is 12.7 Å². The maximum Gasteiger partial charge on any atom is 0.273 e. The van der Waals surface area contributed by atoms with Gasteiger partial charge in [-0.3, -0.25) is 14.6 Å². The summed E-state index contributed by atoms with van der Waals surface area (Å²) in [5, 5.41) is 2.93. The number of benzene rings is 2. The minimum Gasteiger partial charge on any atom is -0.493 e. The van der Waals surface area contributed by atoms with Gasteiger partial charge in [0, 0.05) is 44.8 Å². The number of nitrogens with one attached hydrogen (secondary N) is 1. The molecule has 11 heteroatoms. The molecule has 1 saturated heterocycles. The summed E-state index contributed by atoms with van der Waals surface area (Å²) < 4.78 is 33.3. The summed E-state index contributed by atoms with van der Waals surface area (Å²) in [4.78, 5) is 21.6. The molecule has 0 saturated carbocycles. The van der Waals surface area contributed by atoms with Gasteiger partial charge in [0.25, 0.3) is 5.91 Å². The van der Waals surface area contributed by atoms with E-state index in [0.717, 1.165) is 55.5 Å². The number of hydrogen-bond donors (Lipinski definition) is 1. The standard InChI is InChI=1S/C28H34N4O7/c1-34-24-5-3-4-21(27(24)35-2)16-32(15-20-6-7-23-25(14-20)39-19-38-23)17-26-30-22(18-37-26)28(33)29-8-9-31-10-12-36-13-11-31/h3-7,14,18H,8-13,15-17,19H2,1-2H3,(H,29,33). The van der Waals surface area contributed by atoms with E-state index in [1.54, 1.807) is 14.2 Å². The fourth-order valence-corrected chi connectivity index (χ4v) is 4.71. The molecule has 2 aromatic carbocycles. The highest BCUT2D eigenvalue weighted by atomic mass is 16.7. The molecule has 208 valence electrons. The van der Waals surface area contributed by atoms with E-state index in [9.17, 15) is 4.79 Å². The summed E-state index contributed by atoms with van der Waals surface area (Å²) in [5.74, 6) is 2.97. The van der Waals surface area contributed by atoms with Gasteiger partial charge < -0.3 is 33.4 Å². The van der Waals surface area contributed by atoms with Crippen LogP contribution in [0.25, 0.3) is 0 Å². The van der Waals surface area contributed by atoms with Gasteiger partial charge in [0.15, 0.2) is 28.7 Å². The number of morpholine rings is 1. The lowest BCUT2D eigenvalue weighted by Gasteiger charge is -2.26. The van der Waals surface area contributed by atoms with Crippen molar-refractivity contribution in [2.75, 3.05) is 60.4 Å². The summed E-state index contributed by atoms with van der Waals surface area (Å²) in [7, 11) is 3.24. The lowest BCUT2D eigenvalue weighted by molar-refractivity contribution is 0.0383. The molecule has 0 radical (unpaired) electrons. The molecule has 0 atom stereocenters. The lowest BCUT2D eigenvalue weighted by Crippen LogP contribution is -2.41. The SMILES string of the molecule is COc1cccc(CN(Cc2ccc3c(c2)OCO3)Cc2nc(C(=O)NCCN3CCOCC3)co2)c1OC. The number of nitrogens with zero attached hydrogens (tertiary/aromatic N) is 3. The highest BCUT2D eigenvalue weighted by Gasteiger charge is 2.20. The Kier molecular flexibility index (Phi) is 8.82. The maximum atomic E-state index is 12.7. The highest BCUT2D eigenvalue weighted by Crippen LogP contribution is 2.34. The van der Waals surface area contributed by atoms with Crippen LogP contribution in [0.5, 0.6) is 23.0 Å². The molecule has 2 aliphatic heterocycles. The zero-order valence-corrected chi connectivity index (χ0v) is 22.3. The van der Waals surface area contributed by atoms with Gasteiger partial charge >= 0.3 is 0 Å². The maximum absolute atomic E-state index is 12.7. The number of para-hydroxylation sites is 1. The molecular formula is C28H34N4O7. The minimum atomic E-state index is -0.255. The molecule has 2 aliphatic rings. The monoisotopic (exact) mass is 538 g/mol. The smallest absolute Gasteiger partial charge is 0.273 e. The fourth-order valence-electron chi connectivity index (χ4n) is 4.71. The van der Waals surface area contributed by atoms with E-state index in [1.807, 2.05) is 36.4 Å². The van der Waals surface area contributed by atoms with Crippen LogP contribution in [-0.2, 0) is 24.4 Å². The van der Waals surface area contributed by atoms with E-state index < -0.39 is 0 Å². The van der Waals surface area contributed by atoms with Crippen LogP contribution < -0.4 is 24.3 Å². The van der Waals surface area contributed by atoms with Crippen molar-refractivity contribution in [1.82, 2.24) is 20.1 Å². The topological polar surface area (TPSA) is 108 Å². The molecule has 1 N–H and O–H groups in total. The molecule has 39 heavy (non-hydrogen) atoms. The number of ether oxygens (including phenoxy) is 5. The molecule has 3 aromatic rings. The van der Waals surface area contributed by atoms with Gasteiger partial charge in [-0.1, -0.05) is 18.2 Å². The van der Waals surface area contributed by atoms with Crippen LogP contribution in [-0.4, -0.2) is 81.1 Å². The predicted octanol–water partition coefficient (Wildman–Crippen LogP) is 2.68. The summed E-state index contributed by atoms with van der Waals surface area (Å²) >= 11 is 0. The van der Waals surface area contributed by atoms with Gasteiger partial charge in [-0.05, 0) is 23.8 Å². The Morgan fingerprint density at radius 2 is 1.90 bits per heavy atom. The number of aromatic nitrogens is 1. The molecule has 5 rings (SSSR count). The van der Waals surface area contributed by atoms with E-state index in [1.165, 1.54) is 6.26 Å². The summed E-state index contributed by atoms with van der Waals surface area (Å²) in [6.07, 6.45) is 1.41. The van der Waals surface area contributed by atoms with Crippen LogP contribution in [0.15, 0.2) is 47.1 Å². The molecule has 0 spiro atoms. The number of hydrogen-bond acceptors (Lipinski definition) is 10. The largest absolute Gasteiger partial charge is 0.493 e. The summed E-state index contributed by atoms with van der Waals surface area (Å²) in [5.41, 5.74) is 2.24. The number of amides is 1. The zero-order valence-electron chi connectivity index (χ0n) is 22.3. The first-order valence-electron chi connectivity index (χ1n) is 13.0. The number of carbonyl (C=O) groups excluding carboxylic acids is 1. The average molecular weight is 539 g/mol. The number of fused-ring (bicyclic) bond motifs is 1. The molecule has 1 aromatic heterocycles. The second-order valence-electron chi connectivity index (χ2n) is 9.32.